The van der Waals surface area contributed by atoms with Gasteiger partial charge in [-0.2, -0.15) is 0 Å². The molecule has 1 atom stereocenters. The monoisotopic (exact) mass is 375 g/mol. The zero-order valence-electron chi connectivity index (χ0n) is 14.6. The van der Waals surface area contributed by atoms with E-state index in [2.05, 4.69) is 10.2 Å². The molecule has 0 saturated carbocycles. The number of aromatic nitrogens is 2. The van der Waals surface area contributed by atoms with Gasteiger partial charge in [0.2, 0.25) is 5.91 Å². The summed E-state index contributed by atoms with van der Waals surface area (Å²) in [5.74, 6) is 0.818. The van der Waals surface area contributed by atoms with Crippen LogP contribution in [0.25, 0.3) is 11.5 Å². The molecule has 6 nitrogen and oxygen atoms in total. The van der Waals surface area contributed by atoms with Gasteiger partial charge in [0.05, 0.1) is 23.6 Å². The second-order valence-corrected chi connectivity index (χ2v) is 6.71. The van der Waals surface area contributed by atoms with Crippen LogP contribution in [-0.4, -0.2) is 33.8 Å². The van der Waals surface area contributed by atoms with Crippen LogP contribution >= 0.6 is 11.8 Å². The predicted octanol–water partition coefficient (Wildman–Crippen LogP) is 4.09. The Morgan fingerprint density at radius 2 is 2.00 bits per heavy atom. The molecule has 26 heavy (non-hydrogen) atoms. The number of hydrogen-bond donors (Lipinski definition) is 0. The highest BCUT2D eigenvalue weighted by Crippen LogP contribution is 2.27. The number of thioether (sulfide) groups is 1. The Morgan fingerprint density at radius 3 is 2.65 bits per heavy atom. The van der Waals surface area contributed by atoms with Gasteiger partial charge in [0.15, 0.2) is 0 Å². The van der Waals surface area contributed by atoms with E-state index in [1.807, 2.05) is 13.8 Å². The molecule has 2 aromatic heterocycles. The van der Waals surface area contributed by atoms with E-state index < -0.39 is 0 Å². The fourth-order valence-corrected chi connectivity index (χ4v) is 3.08. The summed E-state index contributed by atoms with van der Waals surface area (Å²) in [7, 11) is 1.71. The molecule has 0 aliphatic heterocycles. The number of halogens is 1. The molecule has 3 aromatic rings. The van der Waals surface area contributed by atoms with Crippen molar-refractivity contribution in [2.75, 3.05) is 12.8 Å². The molecule has 0 saturated heterocycles. The van der Waals surface area contributed by atoms with E-state index in [0.29, 0.717) is 16.9 Å². The van der Waals surface area contributed by atoms with Crippen molar-refractivity contribution in [3.63, 3.8) is 0 Å². The standard InChI is InChI=1S/C18H18FN3O3S/c1-11(13-4-6-14(19)7-5-13)22(3)16(23)10-26-18-21-20-17(25-18)15-8-9-24-12(15)2/h4-9,11H,10H2,1-3H3. The SMILES string of the molecule is Cc1occc1-c1nnc(SCC(=O)N(C)C(C)c2ccc(F)cc2)o1. The van der Waals surface area contributed by atoms with Gasteiger partial charge in [-0.3, -0.25) is 4.79 Å². The van der Waals surface area contributed by atoms with Gasteiger partial charge in [-0.1, -0.05) is 23.9 Å². The quantitative estimate of drug-likeness (QED) is 0.604. The summed E-state index contributed by atoms with van der Waals surface area (Å²) in [5, 5.41) is 8.24. The van der Waals surface area contributed by atoms with Gasteiger partial charge in [-0.15, -0.1) is 10.2 Å². The number of amides is 1. The van der Waals surface area contributed by atoms with Gasteiger partial charge in [0.25, 0.3) is 11.1 Å². The largest absolute Gasteiger partial charge is 0.469 e. The van der Waals surface area contributed by atoms with E-state index in [-0.39, 0.29) is 23.5 Å². The molecule has 0 aliphatic rings. The number of benzene rings is 1. The van der Waals surface area contributed by atoms with E-state index in [0.717, 1.165) is 11.1 Å². The highest BCUT2D eigenvalue weighted by molar-refractivity contribution is 7.99. The summed E-state index contributed by atoms with van der Waals surface area (Å²) in [6, 6.07) is 7.70. The Kier molecular flexibility index (Phi) is 5.41. The van der Waals surface area contributed by atoms with Crippen molar-refractivity contribution >= 4 is 17.7 Å². The van der Waals surface area contributed by atoms with Gasteiger partial charge in [-0.05, 0) is 37.6 Å². The van der Waals surface area contributed by atoms with Gasteiger partial charge in [-0.25, -0.2) is 4.39 Å². The third-order valence-electron chi connectivity index (χ3n) is 4.14. The summed E-state index contributed by atoms with van der Waals surface area (Å²) in [6.07, 6.45) is 1.55. The van der Waals surface area contributed by atoms with Gasteiger partial charge < -0.3 is 13.7 Å². The number of aryl methyl sites for hydroxylation is 1. The van der Waals surface area contributed by atoms with Gasteiger partial charge >= 0.3 is 0 Å². The maximum atomic E-state index is 13.0. The minimum atomic E-state index is -0.300. The van der Waals surface area contributed by atoms with E-state index in [9.17, 15) is 9.18 Å². The lowest BCUT2D eigenvalue weighted by Gasteiger charge is -2.25. The maximum Gasteiger partial charge on any atom is 0.277 e. The molecular formula is C18H18FN3O3S. The third-order valence-corrected chi connectivity index (χ3v) is 4.94. The highest BCUT2D eigenvalue weighted by atomic mass is 32.2. The Balaban J connectivity index is 1.59. The van der Waals surface area contributed by atoms with Crippen LogP contribution in [0, 0.1) is 12.7 Å². The number of carbonyl (C=O) groups is 1. The average molecular weight is 375 g/mol. The van der Waals surface area contributed by atoms with Crippen LogP contribution in [0.4, 0.5) is 4.39 Å². The van der Waals surface area contributed by atoms with Crippen LogP contribution in [0.1, 0.15) is 24.3 Å². The number of furan rings is 1. The van der Waals surface area contributed by atoms with E-state index in [1.165, 1.54) is 23.9 Å². The highest BCUT2D eigenvalue weighted by Gasteiger charge is 2.19. The van der Waals surface area contributed by atoms with Gasteiger partial charge in [0.1, 0.15) is 11.6 Å². The summed E-state index contributed by atoms with van der Waals surface area (Å²) in [4.78, 5) is 14.0. The van der Waals surface area contributed by atoms with Crippen LogP contribution in [0.15, 0.2) is 50.7 Å². The molecule has 136 valence electrons. The summed E-state index contributed by atoms with van der Waals surface area (Å²) >= 11 is 1.17. The number of hydrogen-bond acceptors (Lipinski definition) is 6. The first kappa shape index (κ1) is 18.2. The smallest absolute Gasteiger partial charge is 0.277 e. The summed E-state index contributed by atoms with van der Waals surface area (Å²) in [6.45, 7) is 3.70. The lowest BCUT2D eigenvalue weighted by atomic mass is 10.1. The molecule has 8 heteroatoms. The molecule has 0 bridgehead atoms. The van der Waals surface area contributed by atoms with Crippen molar-refractivity contribution in [2.24, 2.45) is 0 Å². The Labute approximate surface area is 154 Å². The lowest BCUT2D eigenvalue weighted by molar-refractivity contribution is -0.128. The van der Waals surface area contributed by atoms with E-state index in [1.54, 1.807) is 36.4 Å². The molecule has 1 amide bonds. The van der Waals surface area contributed by atoms with Crippen LogP contribution < -0.4 is 0 Å². The molecule has 0 fully saturated rings. The molecule has 0 spiro atoms. The second kappa shape index (κ2) is 7.74. The van der Waals surface area contributed by atoms with Crippen LogP contribution in [0.2, 0.25) is 0 Å². The predicted molar refractivity (Wildman–Crippen MR) is 95.0 cm³/mol. The summed E-state index contributed by atoms with van der Waals surface area (Å²) in [5.41, 5.74) is 1.60. The Hall–Kier alpha value is -2.61. The van der Waals surface area contributed by atoms with Crippen molar-refractivity contribution in [1.82, 2.24) is 15.1 Å². The molecular weight excluding hydrogens is 357 g/mol. The zero-order valence-corrected chi connectivity index (χ0v) is 15.4. The Bertz CT molecular complexity index is 891. The Morgan fingerprint density at radius 1 is 1.27 bits per heavy atom. The summed E-state index contributed by atoms with van der Waals surface area (Å²) < 4.78 is 23.8. The van der Waals surface area contributed by atoms with Crippen molar-refractivity contribution in [2.45, 2.75) is 25.1 Å². The number of nitrogens with zero attached hydrogens (tertiary/aromatic N) is 3. The first-order chi connectivity index (χ1) is 12.5. The van der Waals surface area contributed by atoms with Crippen molar-refractivity contribution < 1.29 is 18.0 Å². The van der Waals surface area contributed by atoms with Crippen molar-refractivity contribution in [3.8, 4) is 11.5 Å². The minimum absolute atomic E-state index is 0.0916. The minimum Gasteiger partial charge on any atom is -0.469 e. The van der Waals surface area contributed by atoms with Gasteiger partial charge in [0, 0.05) is 7.05 Å². The van der Waals surface area contributed by atoms with E-state index >= 15 is 0 Å². The number of rotatable bonds is 6. The topological polar surface area (TPSA) is 72.4 Å². The number of carbonyl (C=O) groups excluding carboxylic acids is 1. The zero-order chi connectivity index (χ0) is 18.7. The normalized spacial score (nSPS) is 12.2. The first-order valence-electron chi connectivity index (χ1n) is 7.97. The molecule has 1 aromatic carbocycles. The van der Waals surface area contributed by atoms with Crippen molar-refractivity contribution in [3.05, 3.63) is 53.7 Å². The average Bonchev–Trinajstić information content (AvgIpc) is 3.27. The van der Waals surface area contributed by atoms with Crippen LogP contribution in [0.5, 0.6) is 0 Å². The van der Waals surface area contributed by atoms with Crippen LogP contribution in [0.3, 0.4) is 0 Å². The molecule has 0 N–H and O–H groups in total. The third kappa shape index (κ3) is 3.96. The van der Waals surface area contributed by atoms with E-state index in [4.69, 9.17) is 8.83 Å². The second-order valence-electron chi connectivity index (χ2n) is 5.78. The first-order valence-corrected chi connectivity index (χ1v) is 8.96. The molecule has 0 aliphatic carbocycles. The van der Waals surface area contributed by atoms with Crippen molar-refractivity contribution in [1.29, 1.82) is 0 Å². The molecule has 2 heterocycles. The molecule has 0 radical (unpaired) electrons. The fraction of sp³-hybridized carbons (Fsp3) is 0.278. The molecule has 1 unspecified atom stereocenters. The fourth-order valence-electron chi connectivity index (χ4n) is 2.39. The maximum absolute atomic E-state index is 13.0. The lowest BCUT2D eigenvalue weighted by Crippen LogP contribution is -2.31. The van der Waals surface area contributed by atoms with Crippen LogP contribution in [-0.2, 0) is 4.79 Å². The molecule has 3 rings (SSSR count).